The second-order valence-electron chi connectivity index (χ2n) is 4.79. The third-order valence-corrected chi connectivity index (χ3v) is 3.20. The van der Waals surface area contributed by atoms with Gasteiger partial charge in [0.05, 0.1) is 20.1 Å². The van der Waals surface area contributed by atoms with E-state index in [-0.39, 0.29) is 13.0 Å². The maximum atomic E-state index is 12.2. The summed E-state index contributed by atoms with van der Waals surface area (Å²) in [6.45, 7) is 0.130. The smallest absolute Gasteiger partial charge is 0.331 e. The van der Waals surface area contributed by atoms with Crippen LogP contribution < -0.4 is 0 Å². The largest absolute Gasteiger partial charge is 0.466 e. The molecular weight excluding hydrogens is 302 g/mol. The lowest BCUT2D eigenvalue weighted by atomic mass is 10.2. The number of imide groups is 1. The Morgan fingerprint density at radius 3 is 2.48 bits per heavy atom. The Hall–Kier alpha value is -2.96. The SMILES string of the molecule is COC(=O)/C=C/C(=O)O[C@@H]1CC(=O)N(Cc2ccccc2)C1=O. The van der Waals surface area contributed by atoms with E-state index in [1.807, 2.05) is 6.07 Å². The minimum atomic E-state index is -1.17. The average molecular weight is 317 g/mol. The molecule has 1 atom stereocenters. The number of rotatable bonds is 5. The number of nitrogens with zero attached hydrogens (tertiary/aromatic N) is 1. The summed E-state index contributed by atoms with van der Waals surface area (Å²) in [5.74, 6) is -2.59. The van der Waals surface area contributed by atoms with Gasteiger partial charge in [0.15, 0.2) is 6.10 Å². The topological polar surface area (TPSA) is 90.0 Å². The van der Waals surface area contributed by atoms with E-state index in [0.717, 1.165) is 22.6 Å². The van der Waals surface area contributed by atoms with Crippen molar-refractivity contribution < 1.29 is 28.7 Å². The summed E-state index contributed by atoms with van der Waals surface area (Å²) in [5.41, 5.74) is 0.798. The third-order valence-electron chi connectivity index (χ3n) is 3.20. The quantitative estimate of drug-likeness (QED) is 0.448. The van der Waals surface area contributed by atoms with Crippen molar-refractivity contribution in [2.75, 3.05) is 7.11 Å². The lowest BCUT2D eigenvalue weighted by Crippen LogP contribution is -2.33. The van der Waals surface area contributed by atoms with Crippen molar-refractivity contribution in [3.63, 3.8) is 0 Å². The zero-order valence-electron chi connectivity index (χ0n) is 12.4. The van der Waals surface area contributed by atoms with Crippen LogP contribution in [0, 0.1) is 0 Å². The van der Waals surface area contributed by atoms with E-state index >= 15 is 0 Å². The summed E-state index contributed by atoms with van der Waals surface area (Å²) in [6.07, 6.45) is 0.360. The fraction of sp³-hybridized carbons (Fsp3) is 0.250. The maximum absolute atomic E-state index is 12.2. The van der Waals surface area contributed by atoms with Crippen LogP contribution in [0.5, 0.6) is 0 Å². The first-order chi connectivity index (χ1) is 11.0. The molecule has 1 fully saturated rings. The highest BCUT2D eigenvalue weighted by Crippen LogP contribution is 2.19. The molecule has 1 saturated heterocycles. The number of benzene rings is 1. The van der Waals surface area contributed by atoms with Crippen LogP contribution >= 0.6 is 0 Å². The van der Waals surface area contributed by atoms with Gasteiger partial charge in [0.25, 0.3) is 5.91 Å². The molecule has 1 heterocycles. The number of hydrogen-bond acceptors (Lipinski definition) is 6. The standard InChI is InChI=1S/C16H15NO6/c1-22-14(19)7-8-15(20)23-12-9-13(18)17(16(12)21)10-11-5-3-2-4-6-11/h2-8,12H,9-10H2,1H3/b8-7+/t12-/m1/s1. The average Bonchev–Trinajstić information content (AvgIpc) is 2.81. The van der Waals surface area contributed by atoms with E-state index in [1.165, 1.54) is 7.11 Å². The second kappa shape index (κ2) is 7.35. The van der Waals surface area contributed by atoms with Crippen LogP contribution in [0.25, 0.3) is 0 Å². The lowest BCUT2D eigenvalue weighted by Gasteiger charge is -2.14. The highest BCUT2D eigenvalue weighted by molar-refractivity contribution is 6.06. The number of ether oxygens (including phenoxy) is 2. The molecule has 1 aliphatic rings. The van der Waals surface area contributed by atoms with Gasteiger partial charge in [-0.15, -0.1) is 0 Å². The lowest BCUT2D eigenvalue weighted by molar-refractivity contribution is -0.152. The van der Waals surface area contributed by atoms with Gasteiger partial charge in [-0.2, -0.15) is 0 Å². The highest BCUT2D eigenvalue weighted by atomic mass is 16.5. The molecule has 1 aromatic carbocycles. The van der Waals surface area contributed by atoms with Crippen molar-refractivity contribution in [3.05, 3.63) is 48.0 Å². The van der Waals surface area contributed by atoms with Gasteiger partial charge < -0.3 is 9.47 Å². The molecule has 7 nitrogen and oxygen atoms in total. The van der Waals surface area contributed by atoms with Gasteiger partial charge in [-0.25, -0.2) is 9.59 Å². The molecule has 2 rings (SSSR count). The Labute approximate surface area is 132 Å². The molecule has 2 amide bonds. The molecule has 0 bridgehead atoms. The normalized spacial score (nSPS) is 17.6. The van der Waals surface area contributed by atoms with E-state index in [1.54, 1.807) is 24.3 Å². The van der Waals surface area contributed by atoms with Crippen molar-refractivity contribution in [2.45, 2.75) is 19.1 Å². The molecule has 0 radical (unpaired) electrons. The summed E-state index contributed by atoms with van der Waals surface area (Å²) in [6, 6.07) is 9.01. The van der Waals surface area contributed by atoms with Gasteiger partial charge in [-0.1, -0.05) is 30.3 Å². The molecule has 1 aliphatic heterocycles. The fourth-order valence-corrected chi connectivity index (χ4v) is 2.06. The Morgan fingerprint density at radius 1 is 1.17 bits per heavy atom. The Bertz CT molecular complexity index is 652. The van der Waals surface area contributed by atoms with Crippen molar-refractivity contribution in [3.8, 4) is 0 Å². The molecule has 120 valence electrons. The number of methoxy groups -OCH3 is 1. The first-order valence-electron chi connectivity index (χ1n) is 6.86. The summed E-state index contributed by atoms with van der Waals surface area (Å²) in [4.78, 5) is 47.5. The highest BCUT2D eigenvalue weighted by Gasteiger charge is 2.40. The zero-order chi connectivity index (χ0) is 16.8. The minimum absolute atomic E-state index is 0.130. The second-order valence-corrected chi connectivity index (χ2v) is 4.79. The van der Waals surface area contributed by atoms with Crippen LogP contribution in [0.4, 0.5) is 0 Å². The summed E-state index contributed by atoms with van der Waals surface area (Å²) >= 11 is 0. The first-order valence-corrected chi connectivity index (χ1v) is 6.86. The van der Waals surface area contributed by atoms with Crippen molar-refractivity contribution in [1.82, 2.24) is 4.90 Å². The molecule has 7 heteroatoms. The molecule has 1 aromatic rings. The predicted molar refractivity (Wildman–Crippen MR) is 77.7 cm³/mol. The number of carbonyl (C=O) groups excluding carboxylic acids is 4. The van der Waals surface area contributed by atoms with Crippen LogP contribution in [-0.4, -0.2) is 41.9 Å². The first kappa shape index (κ1) is 16.4. The Kier molecular flexibility index (Phi) is 5.24. The molecule has 0 unspecified atom stereocenters. The molecule has 0 saturated carbocycles. The van der Waals surface area contributed by atoms with E-state index in [9.17, 15) is 19.2 Å². The van der Waals surface area contributed by atoms with Crippen LogP contribution in [0.1, 0.15) is 12.0 Å². The summed E-state index contributed by atoms with van der Waals surface area (Å²) < 4.78 is 9.24. The molecule has 0 N–H and O–H groups in total. The Balaban J connectivity index is 1.97. The molecular formula is C16H15NO6. The van der Waals surface area contributed by atoms with Gasteiger partial charge in [-0.3, -0.25) is 14.5 Å². The van der Waals surface area contributed by atoms with Crippen LogP contribution in [-0.2, 0) is 35.2 Å². The molecule has 23 heavy (non-hydrogen) atoms. The monoisotopic (exact) mass is 317 g/mol. The number of esters is 2. The number of hydrogen-bond donors (Lipinski definition) is 0. The van der Waals surface area contributed by atoms with Gasteiger partial charge in [0.2, 0.25) is 5.91 Å². The van der Waals surface area contributed by atoms with Crippen LogP contribution in [0.3, 0.4) is 0 Å². The molecule has 0 aliphatic carbocycles. The zero-order valence-corrected chi connectivity index (χ0v) is 12.4. The van der Waals surface area contributed by atoms with E-state index in [4.69, 9.17) is 4.74 Å². The van der Waals surface area contributed by atoms with Crippen molar-refractivity contribution in [2.24, 2.45) is 0 Å². The maximum Gasteiger partial charge on any atom is 0.331 e. The van der Waals surface area contributed by atoms with Crippen molar-refractivity contribution >= 4 is 23.8 Å². The van der Waals surface area contributed by atoms with E-state index < -0.39 is 29.9 Å². The predicted octanol–water partition coefficient (Wildman–Crippen LogP) is 0.586. The molecule has 0 aromatic heterocycles. The van der Waals surface area contributed by atoms with E-state index in [0.29, 0.717) is 0 Å². The van der Waals surface area contributed by atoms with Gasteiger partial charge >= 0.3 is 11.9 Å². The fourth-order valence-electron chi connectivity index (χ4n) is 2.06. The third kappa shape index (κ3) is 4.26. The van der Waals surface area contributed by atoms with Gasteiger partial charge in [0, 0.05) is 12.2 Å². The van der Waals surface area contributed by atoms with Crippen molar-refractivity contribution in [1.29, 1.82) is 0 Å². The minimum Gasteiger partial charge on any atom is -0.466 e. The van der Waals surface area contributed by atoms with Gasteiger partial charge in [0.1, 0.15) is 0 Å². The van der Waals surface area contributed by atoms with E-state index in [2.05, 4.69) is 4.74 Å². The number of amides is 2. The van der Waals surface area contributed by atoms with Gasteiger partial charge in [-0.05, 0) is 5.56 Å². The van der Waals surface area contributed by atoms with Crippen LogP contribution in [0.15, 0.2) is 42.5 Å². The Morgan fingerprint density at radius 2 is 1.83 bits per heavy atom. The summed E-state index contributed by atoms with van der Waals surface area (Å²) in [7, 11) is 1.17. The molecule has 0 spiro atoms. The summed E-state index contributed by atoms with van der Waals surface area (Å²) in [5, 5.41) is 0. The number of carbonyl (C=O) groups is 4. The van der Waals surface area contributed by atoms with Crippen LogP contribution in [0.2, 0.25) is 0 Å². The number of likely N-dealkylation sites (tertiary alicyclic amines) is 1.